The van der Waals surface area contributed by atoms with Crippen LogP contribution in [0.5, 0.6) is 0 Å². The number of ether oxygens (including phenoxy) is 1. The summed E-state index contributed by atoms with van der Waals surface area (Å²) in [4.78, 5) is 16.2. The summed E-state index contributed by atoms with van der Waals surface area (Å²) in [6.07, 6.45) is -1.43. The Morgan fingerprint density at radius 1 is 1.37 bits per heavy atom. The fraction of sp³-hybridized carbons (Fsp3) is 0.278. The highest BCUT2D eigenvalue weighted by atomic mass is 32.1. The Labute approximate surface area is 157 Å². The molecular formula is C18H16F3N3O2S. The van der Waals surface area contributed by atoms with Crippen LogP contribution in [0.2, 0.25) is 0 Å². The molecule has 1 unspecified atom stereocenters. The number of benzene rings is 1. The fourth-order valence-corrected chi connectivity index (χ4v) is 3.33. The van der Waals surface area contributed by atoms with Gasteiger partial charge in [-0.1, -0.05) is 12.1 Å². The van der Waals surface area contributed by atoms with Crippen LogP contribution in [0.3, 0.4) is 0 Å². The molecule has 0 fully saturated rings. The smallest absolute Gasteiger partial charge is 0.416 e. The number of hydrogen-bond donors (Lipinski definition) is 0. The molecule has 3 rings (SSSR count). The van der Waals surface area contributed by atoms with Crippen molar-refractivity contribution in [1.29, 1.82) is 0 Å². The molecule has 0 aliphatic carbocycles. The zero-order valence-electron chi connectivity index (χ0n) is 14.5. The van der Waals surface area contributed by atoms with Gasteiger partial charge in [-0.3, -0.25) is 4.68 Å². The van der Waals surface area contributed by atoms with E-state index in [2.05, 4.69) is 10.1 Å². The monoisotopic (exact) mass is 395 g/mol. The average Bonchev–Trinajstić information content (AvgIpc) is 3.31. The molecule has 0 N–H and O–H groups in total. The zero-order valence-corrected chi connectivity index (χ0v) is 15.3. The molecule has 0 saturated heterocycles. The number of esters is 1. The first-order valence-electron chi connectivity index (χ1n) is 8.14. The zero-order chi connectivity index (χ0) is 19.6. The lowest BCUT2D eigenvalue weighted by molar-refractivity contribution is -0.137. The molecular weight excluding hydrogens is 379 g/mol. The summed E-state index contributed by atoms with van der Waals surface area (Å²) < 4.78 is 45.2. The topological polar surface area (TPSA) is 57.0 Å². The van der Waals surface area contributed by atoms with E-state index in [1.54, 1.807) is 29.2 Å². The lowest BCUT2D eigenvalue weighted by Gasteiger charge is -2.09. The molecule has 0 spiro atoms. The van der Waals surface area contributed by atoms with Gasteiger partial charge in [0, 0.05) is 17.1 Å². The summed E-state index contributed by atoms with van der Waals surface area (Å²) in [6, 6.07) is 4.78. The highest BCUT2D eigenvalue weighted by Crippen LogP contribution is 2.33. The van der Waals surface area contributed by atoms with Crippen molar-refractivity contribution in [2.75, 3.05) is 6.61 Å². The number of thiazole rings is 1. The number of rotatable bonds is 5. The third-order valence-corrected chi connectivity index (χ3v) is 4.89. The summed E-state index contributed by atoms with van der Waals surface area (Å²) in [5, 5.41) is 6.53. The Morgan fingerprint density at radius 3 is 2.85 bits per heavy atom. The van der Waals surface area contributed by atoms with Crippen molar-refractivity contribution < 1.29 is 22.7 Å². The van der Waals surface area contributed by atoms with Gasteiger partial charge in [0.2, 0.25) is 0 Å². The van der Waals surface area contributed by atoms with Crippen LogP contribution in [0.25, 0.3) is 11.3 Å². The van der Waals surface area contributed by atoms with Crippen LogP contribution in [-0.2, 0) is 10.9 Å². The van der Waals surface area contributed by atoms with Crippen LogP contribution in [0, 0.1) is 0 Å². The second-order valence-electron chi connectivity index (χ2n) is 5.76. The Balaban J connectivity index is 1.83. The largest absolute Gasteiger partial charge is 0.462 e. The molecule has 0 bridgehead atoms. The number of halogens is 3. The molecule has 3 aromatic rings. The van der Waals surface area contributed by atoms with Gasteiger partial charge in [0.25, 0.3) is 0 Å². The Bertz CT molecular complexity index is 949. The number of nitrogens with zero attached hydrogens (tertiary/aromatic N) is 3. The predicted octanol–water partition coefficient (Wildman–Crippen LogP) is 4.81. The summed E-state index contributed by atoms with van der Waals surface area (Å²) in [5.41, 5.74) is 0.477. The van der Waals surface area contributed by atoms with Crippen LogP contribution in [0.1, 0.15) is 40.8 Å². The van der Waals surface area contributed by atoms with Crippen molar-refractivity contribution >= 4 is 17.3 Å². The molecule has 142 valence electrons. The first kappa shape index (κ1) is 19.1. The van der Waals surface area contributed by atoms with Gasteiger partial charge in [-0.2, -0.15) is 18.3 Å². The van der Waals surface area contributed by atoms with Gasteiger partial charge in [-0.25, -0.2) is 9.78 Å². The predicted molar refractivity (Wildman–Crippen MR) is 94.5 cm³/mol. The van der Waals surface area contributed by atoms with Crippen molar-refractivity contribution in [1.82, 2.24) is 14.8 Å². The van der Waals surface area contributed by atoms with E-state index < -0.39 is 17.7 Å². The van der Waals surface area contributed by atoms with Gasteiger partial charge >= 0.3 is 12.1 Å². The van der Waals surface area contributed by atoms with E-state index in [-0.39, 0.29) is 12.6 Å². The van der Waals surface area contributed by atoms with Gasteiger partial charge in [0.15, 0.2) is 0 Å². The first-order valence-corrected chi connectivity index (χ1v) is 9.02. The molecule has 9 heteroatoms. The minimum absolute atomic E-state index is 0.270. The highest BCUT2D eigenvalue weighted by Gasteiger charge is 2.30. The van der Waals surface area contributed by atoms with Gasteiger partial charge < -0.3 is 4.74 Å². The lowest BCUT2D eigenvalue weighted by atomic mass is 10.1. The standard InChI is InChI=1S/C18H16F3N3O2S/c1-3-26-17(25)13-8-22-24(9-13)11(2)16-23-15(10-27-16)12-5-4-6-14(7-12)18(19,20)21/h4-11H,3H2,1-2H3. The van der Waals surface area contributed by atoms with E-state index in [4.69, 9.17) is 4.74 Å². The van der Waals surface area contributed by atoms with Crippen LogP contribution in [-0.4, -0.2) is 27.3 Å². The number of hydrogen-bond acceptors (Lipinski definition) is 5. The number of carbonyl (C=O) groups is 1. The molecule has 0 aliphatic heterocycles. The summed E-state index contributed by atoms with van der Waals surface area (Å²) >= 11 is 1.32. The SMILES string of the molecule is CCOC(=O)c1cnn(C(C)c2nc(-c3cccc(C(F)(F)F)c3)cs2)c1. The molecule has 0 amide bonds. The highest BCUT2D eigenvalue weighted by molar-refractivity contribution is 7.10. The molecule has 0 aliphatic rings. The van der Waals surface area contributed by atoms with Crippen molar-refractivity contribution in [3.8, 4) is 11.3 Å². The molecule has 0 saturated carbocycles. The van der Waals surface area contributed by atoms with E-state index in [0.29, 0.717) is 21.8 Å². The molecule has 0 radical (unpaired) electrons. The van der Waals surface area contributed by atoms with Crippen molar-refractivity contribution in [2.24, 2.45) is 0 Å². The van der Waals surface area contributed by atoms with E-state index in [0.717, 1.165) is 12.1 Å². The van der Waals surface area contributed by atoms with Crippen LogP contribution >= 0.6 is 11.3 Å². The average molecular weight is 395 g/mol. The van der Waals surface area contributed by atoms with Crippen molar-refractivity contribution in [2.45, 2.75) is 26.1 Å². The van der Waals surface area contributed by atoms with Gasteiger partial charge in [-0.15, -0.1) is 11.3 Å². The minimum Gasteiger partial charge on any atom is -0.462 e. The lowest BCUT2D eigenvalue weighted by Crippen LogP contribution is -2.08. The van der Waals surface area contributed by atoms with Gasteiger partial charge in [0.05, 0.1) is 29.6 Å². The number of alkyl halides is 3. The van der Waals surface area contributed by atoms with E-state index >= 15 is 0 Å². The second kappa shape index (κ2) is 7.51. The minimum atomic E-state index is -4.40. The maximum Gasteiger partial charge on any atom is 0.416 e. The van der Waals surface area contributed by atoms with Crippen LogP contribution in [0.4, 0.5) is 13.2 Å². The number of carbonyl (C=O) groups excluding carboxylic acids is 1. The van der Waals surface area contributed by atoms with Gasteiger partial charge in [0.1, 0.15) is 11.0 Å². The molecule has 27 heavy (non-hydrogen) atoms. The summed E-state index contributed by atoms with van der Waals surface area (Å²) in [6.45, 7) is 3.83. The van der Waals surface area contributed by atoms with Crippen LogP contribution in [0.15, 0.2) is 42.0 Å². The molecule has 1 aromatic carbocycles. The third-order valence-electron chi connectivity index (χ3n) is 3.87. The summed E-state index contributed by atoms with van der Waals surface area (Å²) in [5.74, 6) is -0.459. The maximum atomic E-state index is 12.9. The molecule has 2 aromatic heterocycles. The van der Waals surface area contributed by atoms with E-state index in [1.165, 1.54) is 23.6 Å². The quantitative estimate of drug-likeness (QED) is 0.582. The van der Waals surface area contributed by atoms with E-state index in [9.17, 15) is 18.0 Å². The van der Waals surface area contributed by atoms with Crippen molar-refractivity contribution in [3.05, 3.63) is 58.2 Å². The van der Waals surface area contributed by atoms with Crippen LogP contribution < -0.4 is 0 Å². The third kappa shape index (κ3) is 4.19. The first-order chi connectivity index (χ1) is 12.8. The maximum absolute atomic E-state index is 12.9. The Kier molecular flexibility index (Phi) is 5.31. The van der Waals surface area contributed by atoms with E-state index in [1.807, 2.05) is 6.92 Å². The molecule has 1 atom stereocenters. The Hall–Kier alpha value is -2.68. The van der Waals surface area contributed by atoms with Crippen molar-refractivity contribution in [3.63, 3.8) is 0 Å². The Morgan fingerprint density at radius 2 is 2.15 bits per heavy atom. The van der Waals surface area contributed by atoms with Gasteiger partial charge in [-0.05, 0) is 26.0 Å². The molecule has 5 nitrogen and oxygen atoms in total. The fourth-order valence-electron chi connectivity index (χ4n) is 2.45. The normalized spacial score (nSPS) is 12.8. The molecule has 2 heterocycles. The second-order valence-corrected chi connectivity index (χ2v) is 6.64. The summed E-state index contributed by atoms with van der Waals surface area (Å²) in [7, 11) is 0. The number of aromatic nitrogens is 3.